The maximum absolute atomic E-state index is 13.1. The van der Waals surface area contributed by atoms with Gasteiger partial charge in [-0.1, -0.05) is 24.3 Å². The van der Waals surface area contributed by atoms with Gasteiger partial charge in [0.05, 0.1) is 12.6 Å². The van der Waals surface area contributed by atoms with E-state index in [2.05, 4.69) is 16.0 Å². The smallest absolute Gasteiger partial charge is 0.243 e. The Hall–Kier alpha value is -3.84. The van der Waals surface area contributed by atoms with E-state index >= 15 is 0 Å². The zero-order valence-corrected chi connectivity index (χ0v) is 21.6. The van der Waals surface area contributed by atoms with Gasteiger partial charge in [-0.3, -0.25) is 23.4 Å². The summed E-state index contributed by atoms with van der Waals surface area (Å²) in [5.41, 5.74) is 12.6. The summed E-state index contributed by atoms with van der Waals surface area (Å²) >= 11 is 0. The SMILES string of the molecule is C[S@](=O)CC[C@H](NC(=O)[C@H](N)Cc1ccc(O)cc1)C(=O)NCC(=O)N[C@H](Cc1ccc(F)cc1)C(N)=O. The number of phenolic OH excluding ortho intramolecular Hbond substituents is 1. The average molecular weight is 550 g/mol. The van der Waals surface area contributed by atoms with Gasteiger partial charge in [0.1, 0.15) is 23.7 Å². The summed E-state index contributed by atoms with van der Waals surface area (Å²) in [6.07, 6.45) is 1.65. The van der Waals surface area contributed by atoms with Crippen LogP contribution in [0.3, 0.4) is 0 Å². The molecule has 206 valence electrons. The molecule has 38 heavy (non-hydrogen) atoms. The first kappa shape index (κ1) is 30.4. The van der Waals surface area contributed by atoms with Gasteiger partial charge in [0, 0.05) is 29.2 Å². The van der Waals surface area contributed by atoms with Gasteiger partial charge >= 0.3 is 0 Å². The van der Waals surface area contributed by atoms with Gasteiger partial charge in [0.15, 0.2) is 0 Å². The van der Waals surface area contributed by atoms with Crippen molar-refractivity contribution < 1.29 is 32.9 Å². The minimum atomic E-state index is -1.25. The molecule has 4 atom stereocenters. The number of amides is 4. The molecule has 2 aromatic rings. The number of nitrogens with one attached hydrogen (secondary N) is 3. The van der Waals surface area contributed by atoms with Crippen molar-refractivity contribution in [3.05, 3.63) is 65.5 Å². The van der Waals surface area contributed by atoms with Gasteiger partial charge in [0.25, 0.3) is 0 Å². The first-order chi connectivity index (χ1) is 17.9. The van der Waals surface area contributed by atoms with Crippen LogP contribution in [0.5, 0.6) is 5.75 Å². The fraction of sp³-hybridized carbons (Fsp3) is 0.360. The van der Waals surface area contributed by atoms with E-state index in [9.17, 15) is 32.9 Å². The highest BCUT2D eigenvalue weighted by Gasteiger charge is 2.25. The molecule has 0 saturated carbocycles. The number of aromatic hydroxyl groups is 1. The molecule has 0 aliphatic carbocycles. The average Bonchev–Trinajstić information content (AvgIpc) is 2.86. The number of phenols is 1. The lowest BCUT2D eigenvalue weighted by molar-refractivity contribution is -0.131. The van der Waals surface area contributed by atoms with E-state index in [4.69, 9.17) is 11.5 Å². The number of rotatable bonds is 14. The number of carbonyl (C=O) groups excluding carboxylic acids is 4. The van der Waals surface area contributed by atoms with E-state index in [0.717, 1.165) is 0 Å². The van der Waals surface area contributed by atoms with Crippen LogP contribution in [0.25, 0.3) is 0 Å². The summed E-state index contributed by atoms with van der Waals surface area (Å²) in [4.78, 5) is 49.6. The number of hydrogen-bond donors (Lipinski definition) is 6. The maximum Gasteiger partial charge on any atom is 0.243 e. The molecule has 0 unspecified atom stereocenters. The summed E-state index contributed by atoms with van der Waals surface area (Å²) in [7, 11) is -1.25. The third-order valence-electron chi connectivity index (χ3n) is 5.51. The zero-order chi connectivity index (χ0) is 28.2. The molecule has 0 radical (unpaired) electrons. The molecule has 0 aliphatic heterocycles. The molecule has 2 rings (SSSR count). The van der Waals surface area contributed by atoms with Crippen LogP contribution in [0, 0.1) is 5.82 Å². The molecule has 8 N–H and O–H groups in total. The second-order valence-corrected chi connectivity index (χ2v) is 10.2. The van der Waals surface area contributed by atoms with Gasteiger partial charge in [0.2, 0.25) is 23.6 Å². The predicted octanol–water partition coefficient (Wildman–Crippen LogP) is -1.02. The third-order valence-corrected chi connectivity index (χ3v) is 6.32. The van der Waals surface area contributed by atoms with E-state index in [-0.39, 0.29) is 30.8 Å². The van der Waals surface area contributed by atoms with E-state index < -0.39 is 64.9 Å². The molecular weight excluding hydrogens is 517 g/mol. The summed E-state index contributed by atoms with van der Waals surface area (Å²) < 4.78 is 24.7. The molecule has 4 amide bonds. The molecule has 0 fully saturated rings. The van der Waals surface area contributed by atoms with Crippen molar-refractivity contribution in [1.82, 2.24) is 16.0 Å². The molecule has 13 heteroatoms. The minimum absolute atomic E-state index is 0.0230. The molecule has 0 heterocycles. The van der Waals surface area contributed by atoms with E-state index in [1.54, 1.807) is 12.1 Å². The first-order valence-corrected chi connectivity index (χ1v) is 13.4. The maximum atomic E-state index is 13.1. The van der Waals surface area contributed by atoms with E-state index in [1.807, 2.05) is 0 Å². The van der Waals surface area contributed by atoms with Crippen LogP contribution in [0.2, 0.25) is 0 Å². The van der Waals surface area contributed by atoms with Crippen LogP contribution in [0.1, 0.15) is 17.5 Å². The molecule has 0 spiro atoms. The van der Waals surface area contributed by atoms with Gasteiger partial charge in [-0.2, -0.15) is 0 Å². The van der Waals surface area contributed by atoms with Crippen LogP contribution >= 0.6 is 0 Å². The number of nitrogens with two attached hydrogens (primary N) is 2. The zero-order valence-electron chi connectivity index (χ0n) is 20.8. The highest BCUT2D eigenvalue weighted by molar-refractivity contribution is 7.84. The topological polar surface area (TPSA) is 194 Å². The van der Waals surface area contributed by atoms with Gasteiger partial charge in [-0.05, 0) is 48.2 Å². The quantitative estimate of drug-likeness (QED) is 0.174. The van der Waals surface area contributed by atoms with E-state index in [1.165, 1.54) is 42.7 Å². The number of primary amides is 1. The molecule has 0 aliphatic rings. The molecule has 2 aromatic carbocycles. The van der Waals surface area contributed by atoms with Crippen LogP contribution in [0.4, 0.5) is 4.39 Å². The number of benzene rings is 2. The van der Waals surface area contributed by atoms with Crippen molar-refractivity contribution in [1.29, 1.82) is 0 Å². The van der Waals surface area contributed by atoms with Crippen molar-refractivity contribution in [3.63, 3.8) is 0 Å². The van der Waals surface area contributed by atoms with Crippen molar-refractivity contribution in [2.75, 3.05) is 18.6 Å². The molecule has 0 bridgehead atoms. The Morgan fingerprint density at radius 1 is 0.921 bits per heavy atom. The third kappa shape index (κ3) is 10.6. The van der Waals surface area contributed by atoms with Crippen LogP contribution < -0.4 is 27.4 Å². The number of hydrogen-bond acceptors (Lipinski definition) is 7. The summed E-state index contributed by atoms with van der Waals surface area (Å²) in [5.74, 6) is -3.13. The Morgan fingerprint density at radius 3 is 2.08 bits per heavy atom. The van der Waals surface area contributed by atoms with Gasteiger partial charge < -0.3 is 32.5 Å². The Morgan fingerprint density at radius 2 is 1.50 bits per heavy atom. The first-order valence-electron chi connectivity index (χ1n) is 11.7. The standard InChI is InChI=1S/C25H32FN5O6S/c1-38(37)11-10-20(31-24(35)19(27)12-15-4-8-18(32)9-5-15)25(36)29-14-22(33)30-21(23(28)34)13-16-2-6-17(26)7-3-16/h2-9,19-21,32H,10-14,27H2,1H3,(H2,28,34)(H,29,36)(H,30,33)(H,31,35)/t19-,20+,21-,38+/m1/s1. The monoisotopic (exact) mass is 549 g/mol. The lowest BCUT2D eigenvalue weighted by Gasteiger charge is -2.21. The number of halogens is 1. The van der Waals surface area contributed by atoms with Crippen molar-refractivity contribution >= 4 is 34.4 Å². The summed E-state index contributed by atoms with van der Waals surface area (Å²) in [6.45, 7) is -0.521. The molecule has 11 nitrogen and oxygen atoms in total. The Labute approximate surface area is 222 Å². The van der Waals surface area contributed by atoms with Crippen molar-refractivity contribution in [2.45, 2.75) is 37.4 Å². The lowest BCUT2D eigenvalue weighted by Crippen LogP contribution is -2.54. The second-order valence-electron chi connectivity index (χ2n) is 8.68. The Kier molecular flexibility index (Phi) is 11.8. The predicted molar refractivity (Wildman–Crippen MR) is 140 cm³/mol. The Bertz CT molecular complexity index is 1150. The van der Waals surface area contributed by atoms with Crippen molar-refractivity contribution in [3.8, 4) is 5.75 Å². The lowest BCUT2D eigenvalue weighted by atomic mass is 10.0. The number of carbonyl (C=O) groups is 4. The van der Waals surface area contributed by atoms with Gasteiger partial charge in [-0.15, -0.1) is 0 Å². The van der Waals surface area contributed by atoms with Crippen LogP contribution in [-0.4, -0.2) is 69.6 Å². The van der Waals surface area contributed by atoms with Crippen molar-refractivity contribution in [2.24, 2.45) is 11.5 Å². The summed E-state index contributed by atoms with van der Waals surface area (Å²) in [6, 6.07) is 8.26. The fourth-order valence-electron chi connectivity index (χ4n) is 3.42. The van der Waals surface area contributed by atoms with Crippen LogP contribution in [-0.2, 0) is 42.8 Å². The van der Waals surface area contributed by atoms with Gasteiger partial charge in [-0.25, -0.2) is 4.39 Å². The second kappa shape index (κ2) is 14.8. The normalized spacial score (nSPS) is 14.0. The largest absolute Gasteiger partial charge is 0.508 e. The minimum Gasteiger partial charge on any atom is -0.508 e. The fourth-order valence-corrected chi connectivity index (χ4v) is 3.99. The van der Waals surface area contributed by atoms with Crippen LogP contribution in [0.15, 0.2) is 48.5 Å². The van der Waals surface area contributed by atoms with E-state index in [0.29, 0.717) is 11.1 Å². The summed E-state index contributed by atoms with van der Waals surface area (Å²) in [5, 5.41) is 16.7. The molecule has 0 aromatic heterocycles. The highest BCUT2D eigenvalue weighted by Crippen LogP contribution is 2.11. The molecule has 0 saturated heterocycles. The highest BCUT2D eigenvalue weighted by atomic mass is 32.2. The Balaban J connectivity index is 1.95. The molecular formula is C25H32FN5O6S.